The molecular weight excluding hydrogens is 302 g/mol. The number of piperidine rings is 1. The van der Waals surface area contributed by atoms with Gasteiger partial charge in [0.15, 0.2) is 0 Å². The summed E-state index contributed by atoms with van der Waals surface area (Å²) in [7, 11) is 1.90. The lowest BCUT2D eigenvalue weighted by molar-refractivity contribution is -0.0176. The molecule has 0 saturated carbocycles. The van der Waals surface area contributed by atoms with E-state index in [2.05, 4.69) is 0 Å². The van der Waals surface area contributed by atoms with Gasteiger partial charge >= 0.3 is 0 Å². The number of amides is 1. The van der Waals surface area contributed by atoms with Gasteiger partial charge in [-0.1, -0.05) is 18.2 Å². The fourth-order valence-electron chi connectivity index (χ4n) is 3.93. The van der Waals surface area contributed by atoms with Gasteiger partial charge in [-0.2, -0.15) is 0 Å². The van der Waals surface area contributed by atoms with E-state index in [9.17, 15) is 4.79 Å². The van der Waals surface area contributed by atoms with Crippen molar-refractivity contribution in [3.05, 3.63) is 53.9 Å². The average Bonchev–Trinajstić information content (AvgIpc) is 3.01. The highest BCUT2D eigenvalue weighted by Crippen LogP contribution is 2.43. The van der Waals surface area contributed by atoms with Crippen LogP contribution in [0.1, 0.15) is 41.4 Å². The Bertz CT molecular complexity index is 759. The fraction of sp³-hybridized carbons (Fsp3) is 0.421. The number of carbonyl (C=O) groups excluding carboxylic acids is 1. The molecule has 0 bridgehead atoms. The Kier molecular flexibility index (Phi) is 3.61. The van der Waals surface area contributed by atoms with Crippen molar-refractivity contribution in [1.29, 1.82) is 0 Å². The van der Waals surface area contributed by atoms with Gasteiger partial charge in [-0.05, 0) is 18.2 Å². The predicted molar refractivity (Wildman–Crippen MR) is 91.9 cm³/mol. The van der Waals surface area contributed by atoms with Gasteiger partial charge in [-0.15, -0.1) is 0 Å². The lowest BCUT2D eigenvalue weighted by atomic mass is 9.81. The number of benzene rings is 1. The summed E-state index contributed by atoms with van der Waals surface area (Å²) in [6.07, 6.45) is 4.37. The van der Waals surface area contributed by atoms with Crippen LogP contribution < -0.4 is 10.5 Å². The number of nitrogens with two attached hydrogens (primary N) is 1. The van der Waals surface area contributed by atoms with Crippen LogP contribution in [0.4, 0.5) is 0 Å². The van der Waals surface area contributed by atoms with E-state index < -0.39 is 0 Å². The van der Waals surface area contributed by atoms with Crippen LogP contribution in [0.15, 0.2) is 42.6 Å². The van der Waals surface area contributed by atoms with Crippen LogP contribution in [-0.2, 0) is 7.05 Å². The molecule has 5 nitrogen and oxygen atoms in total. The SMILES string of the molecule is Cn1cccc1C(=O)N1CCC2(CC1)CC(N)c1ccccc1O2. The van der Waals surface area contributed by atoms with Crippen LogP contribution >= 0.6 is 0 Å². The molecule has 2 aliphatic rings. The Morgan fingerprint density at radius 1 is 1.21 bits per heavy atom. The molecule has 3 heterocycles. The molecule has 2 N–H and O–H groups in total. The quantitative estimate of drug-likeness (QED) is 0.876. The maximum atomic E-state index is 12.7. The number of fused-ring (bicyclic) bond motifs is 1. The van der Waals surface area contributed by atoms with Crippen LogP contribution in [0, 0.1) is 0 Å². The van der Waals surface area contributed by atoms with Crippen molar-refractivity contribution in [2.45, 2.75) is 30.9 Å². The molecular formula is C19H23N3O2. The molecule has 1 saturated heterocycles. The minimum absolute atomic E-state index is 0.00470. The number of likely N-dealkylation sites (tertiary alicyclic amines) is 1. The minimum atomic E-state index is -0.237. The largest absolute Gasteiger partial charge is 0.487 e. The van der Waals surface area contributed by atoms with Gasteiger partial charge in [0, 0.05) is 57.2 Å². The molecule has 2 aliphatic heterocycles. The van der Waals surface area contributed by atoms with Crippen LogP contribution in [0.25, 0.3) is 0 Å². The van der Waals surface area contributed by atoms with Gasteiger partial charge in [0.2, 0.25) is 0 Å². The Morgan fingerprint density at radius 2 is 1.96 bits per heavy atom. The van der Waals surface area contributed by atoms with E-state index >= 15 is 0 Å². The van der Waals surface area contributed by atoms with Crippen molar-refractivity contribution in [2.24, 2.45) is 12.8 Å². The van der Waals surface area contributed by atoms with Crippen molar-refractivity contribution in [2.75, 3.05) is 13.1 Å². The van der Waals surface area contributed by atoms with E-state index in [1.807, 2.05) is 59.1 Å². The molecule has 0 aliphatic carbocycles. The lowest BCUT2D eigenvalue weighted by Gasteiger charge is -2.46. The average molecular weight is 325 g/mol. The van der Waals surface area contributed by atoms with Crippen molar-refractivity contribution in [3.8, 4) is 5.75 Å². The molecule has 1 amide bonds. The third kappa shape index (κ3) is 2.49. The topological polar surface area (TPSA) is 60.5 Å². The number of aromatic nitrogens is 1. The third-order valence-electron chi connectivity index (χ3n) is 5.36. The maximum Gasteiger partial charge on any atom is 0.270 e. The second-order valence-corrected chi connectivity index (χ2v) is 6.93. The van der Waals surface area contributed by atoms with Crippen molar-refractivity contribution >= 4 is 5.91 Å². The number of aryl methyl sites for hydroxylation is 1. The molecule has 4 rings (SSSR count). The van der Waals surface area contributed by atoms with Crippen LogP contribution in [-0.4, -0.2) is 34.1 Å². The zero-order valence-corrected chi connectivity index (χ0v) is 13.9. The molecule has 1 aromatic carbocycles. The Balaban J connectivity index is 1.49. The summed E-state index contributed by atoms with van der Waals surface area (Å²) in [6, 6.07) is 11.8. The summed E-state index contributed by atoms with van der Waals surface area (Å²) in [5.74, 6) is 0.997. The monoisotopic (exact) mass is 325 g/mol. The summed E-state index contributed by atoms with van der Waals surface area (Å²) in [5.41, 5.74) is 7.96. The van der Waals surface area contributed by atoms with E-state index in [1.54, 1.807) is 0 Å². The summed E-state index contributed by atoms with van der Waals surface area (Å²) in [6.45, 7) is 1.41. The predicted octanol–water partition coefficient (Wildman–Crippen LogP) is 2.48. The van der Waals surface area contributed by atoms with Crippen LogP contribution in [0.2, 0.25) is 0 Å². The minimum Gasteiger partial charge on any atom is -0.487 e. The number of para-hydroxylation sites is 1. The first-order valence-corrected chi connectivity index (χ1v) is 8.52. The standard InChI is InChI=1S/C19H23N3O2/c1-21-10-4-6-16(21)18(23)22-11-8-19(9-12-22)13-15(20)14-5-2-3-7-17(14)24-19/h2-7,10,15H,8-9,11-13,20H2,1H3. The molecule has 5 heteroatoms. The molecule has 1 spiro atoms. The number of rotatable bonds is 1. The van der Waals surface area contributed by atoms with E-state index in [4.69, 9.17) is 10.5 Å². The van der Waals surface area contributed by atoms with Crippen LogP contribution in [0.3, 0.4) is 0 Å². The van der Waals surface area contributed by atoms with E-state index in [-0.39, 0.29) is 17.6 Å². The zero-order valence-electron chi connectivity index (χ0n) is 13.9. The molecule has 2 aromatic rings. The molecule has 1 atom stereocenters. The summed E-state index contributed by atoms with van der Waals surface area (Å²) in [5, 5.41) is 0. The molecule has 126 valence electrons. The van der Waals surface area contributed by atoms with E-state index in [0.29, 0.717) is 13.1 Å². The first kappa shape index (κ1) is 15.3. The fourth-order valence-corrected chi connectivity index (χ4v) is 3.93. The van der Waals surface area contributed by atoms with E-state index in [1.165, 1.54) is 0 Å². The van der Waals surface area contributed by atoms with Crippen LogP contribution in [0.5, 0.6) is 5.75 Å². The highest BCUT2D eigenvalue weighted by molar-refractivity contribution is 5.92. The van der Waals surface area contributed by atoms with Gasteiger partial charge in [-0.3, -0.25) is 4.79 Å². The maximum absolute atomic E-state index is 12.7. The van der Waals surface area contributed by atoms with Gasteiger partial charge in [0.05, 0.1) is 0 Å². The summed E-state index contributed by atoms with van der Waals surface area (Å²) in [4.78, 5) is 14.6. The van der Waals surface area contributed by atoms with Gasteiger partial charge < -0.3 is 19.9 Å². The second-order valence-electron chi connectivity index (χ2n) is 6.93. The Morgan fingerprint density at radius 3 is 2.67 bits per heavy atom. The molecule has 1 unspecified atom stereocenters. The highest BCUT2D eigenvalue weighted by atomic mass is 16.5. The first-order chi connectivity index (χ1) is 11.6. The van der Waals surface area contributed by atoms with Gasteiger partial charge in [0.1, 0.15) is 17.0 Å². The first-order valence-electron chi connectivity index (χ1n) is 8.52. The zero-order chi connectivity index (χ0) is 16.7. The van der Waals surface area contributed by atoms with E-state index in [0.717, 1.165) is 36.3 Å². The summed E-state index contributed by atoms with van der Waals surface area (Å²) >= 11 is 0. The van der Waals surface area contributed by atoms with Crippen molar-refractivity contribution in [3.63, 3.8) is 0 Å². The molecule has 0 radical (unpaired) electrons. The van der Waals surface area contributed by atoms with Crippen molar-refractivity contribution < 1.29 is 9.53 Å². The Labute approximate surface area is 142 Å². The molecule has 1 aromatic heterocycles. The highest BCUT2D eigenvalue weighted by Gasteiger charge is 2.43. The molecule has 24 heavy (non-hydrogen) atoms. The number of nitrogens with zero attached hydrogens (tertiary/aromatic N) is 2. The number of carbonyl (C=O) groups is 1. The van der Waals surface area contributed by atoms with Gasteiger partial charge in [0.25, 0.3) is 5.91 Å². The second kappa shape index (κ2) is 5.67. The summed E-state index contributed by atoms with van der Waals surface area (Å²) < 4.78 is 8.22. The third-order valence-corrected chi connectivity index (χ3v) is 5.36. The smallest absolute Gasteiger partial charge is 0.270 e. The Hall–Kier alpha value is -2.27. The lowest BCUT2D eigenvalue weighted by Crippen LogP contribution is -2.52. The van der Waals surface area contributed by atoms with Crippen molar-refractivity contribution in [1.82, 2.24) is 9.47 Å². The normalized spacial score (nSPS) is 22.1. The van der Waals surface area contributed by atoms with Gasteiger partial charge in [-0.25, -0.2) is 0 Å². The number of hydrogen-bond donors (Lipinski definition) is 1. The number of hydrogen-bond acceptors (Lipinski definition) is 3. The molecule has 1 fully saturated rings. The number of ether oxygens (including phenoxy) is 1.